The van der Waals surface area contributed by atoms with Crippen LogP contribution < -0.4 is 9.47 Å². The summed E-state index contributed by atoms with van der Waals surface area (Å²) in [5.41, 5.74) is -0.325. The highest BCUT2D eigenvalue weighted by molar-refractivity contribution is 7.98. The number of ether oxygens (including phenoxy) is 3. The number of halogens is 1. The van der Waals surface area contributed by atoms with E-state index in [1.165, 1.54) is 31.0 Å². The highest BCUT2D eigenvalue weighted by Crippen LogP contribution is 2.33. The number of hydrogen-bond donors (Lipinski definition) is 0. The summed E-state index contributed by atoms with van der Waals surface area (Å²) in [6.45, 7) is 5.42. The van der Waals surface area contributed by atoms with Crippen LogP contribution in [0.2, 0.25) is 0 Å². The summed E-state index contributed by atoms with van der Waals surface area (Å²) in [6.07, 6.45) is 1.81. The van der Waals surface area contributed by atoms with E-state index in [4.69, 9.17) is 14.2 Å². The van der Waals surface area contributed by atoms with Crippen LogP contribution in [0.5, 0.6) is 11.6 Å². The van der Waals surface area contributed by atoms with Gasteiger partial charge in [0.05, 0.1) is 19.4 Å². The number of nitrogens with zero attached hydrogens (tertiary/aromatic N) is 2. The van der Waals surface area contributed by atoms with E-state index in [0.717, 1.165) is 0 Å². The Morgan fingerprint density at radius 1 is 1.27 bits per heavy atom. The van der Waals surface area contributed by atoms with Crippen molar-refractivity contribution < 1.29 is 23.4 Å². The van der Waals surface area contributed by atoms with Crippen LogP contribution in [0.3, 0.4) is 0 Å². The molecule has 0 aliphatic rings. The van der Waals surface area contributed by atoms with E-state index in [0.29, 0.717) is 28.8 Å². The minimum atomic E-state index is -1.24. The van der Waals surface area contributed by atoms with Gasteiger partial charge in [-0.05, 0) is 45.2 Å². The number of carbonyl (C=O) groups is 1. The van der Waals surface area contributed by atoms with Crippen molar-refractivity contribution in [2.24, 2.45) is 0 Å². The lowest BCUT2D eigenvalue weighted by Gasteiger charge is -2.23. The number of rotatable bonds is 7. The van der Waals surface area contributed by atoms with Crippen LogP contribution >= 0.6 is 11.8 Å². The third-order valence-electron chi connectivity index (χ3n) is 3.42. The number of methoxy groups -OCH3 is 1. The Labute approximate surface area is 156 Å². The zero-order valence-electron chi connectivity index (χ0n) is 15.3. The molecule has 2 rings (SSSR count). The number of aromatic nitrogens is 2. The molecule has 2 aromatic rings. The topological polar surface area (TPSA) is 70.5 Å². The van der Waals surface area contributed by atoms with Crippen molar-refractivity contribution in [2.45, 2.75) is 31.5 Å². The summed E-state index contributed by atoms with van der Waals surface area (Å²) < 4.78 is 29.8. The predicted octanol–water partition coefficient (Wildman–Crippen LogP) is 3.73. The average molecular weight is 380 g/mol. The van der Waals surface area contributed by atoms with Crippen molar-refractivity contribution in [2.75, 3.05) is 20.0 Å². The van der Waals surface area contributed by atoms with Gasteiger partial charge < -0.3 is 14.2 Å². The number of hydrogen-bond acceptors (Lipinski definition) is 7. The van der Waals surface area contributed by atoms with Gasteiger partial charge in [0.2, 0.25) is 11.5 Å². The molecule has 0 unspecified atom stereocenters. The van der Waals surface area contributed by atoms with Crippen LogP contribution in [-0.2, 0) is 9.53 Å². The Bertz CT molecular complexity index is 799. The van der Waals surface area contributed by atoms with Crippen molar-refractivity contribution in [1.82, 2.24) is 9.97 Å². The van der Waals surface area contributed by atoms with E-state index in [1.807, 2.05) is 13.2 Å². The maximum absolute atomic E-state index is 13.8. The number of esters is 1. The summed E-state index contributed by atoms with van der Waals surface area (Å²) in [4.78, 5) is 20.5. The van der Waals surface area contributed by atoms with Crippen molar-refractivity contribution in [3.63, 3.8) is 0 Å². The Balaban J connectivity index is 2.51. The second-order valence-electron chi connectivity index (χ2n) is 5.76. The van der Waals surface area contributed by atoms with Crippen LogP contribution in [0, 0.1) is 5.82 Å². The van der Waals surface area contributed by atoms with Gasteiger partial charge in [-0.15, -0.1) is 0 Å². The lowest BCUT2D eigenvalue weighted by atomic mass is 10.1. The highest BCUT2D eigenvalue weighted by Gasteiger charge is 2.32. The maximum atomic E-state index is 13.8. The number of carbonyl (C=O) groups excluding carboxylic acids is 1. The molecule has 0 aliphatic heterocycles. The molecule has 0 bridgehead atoms. The fourth-order valence-electron chi connectivity index (χ4n) is 2.22. The molecule has 0 saturated carbocycles. The first-order valence-corrected chi connectivity index (χ1v) is 9.16. The van der Waals surface area contributed by atoms with Crippen molar-refractivity contribution in [3.05, 3.63) is 30.1 Å². The third-order valence-corrected chi connectivity index (χ3v) is 3.97. The third kappa shape index (κ3) is 4.63. The van der Waals surface area contributed by atoms with Crippen molar-refractivity contribution in [1.29, 1.82) is 0 Å². The van der Waals surface area contributed by atoms with Crippen LogP contribution in [0.1, 0.15) is 20.8 Å². The average Bonchev–Trinajstić information content (AvgIpc) is 2.61. The summed E-state index contributed by atoms with van der Waals surface area (Å²) in [7, 11) is 1.29. The molecule has 0 atom stereocenters. The zero-order valence-corrected chi connectivity index (χ0v) is 16.1. The fourth-order valence-corrected chi connectivity index (χ4v) is 2.59. The van der Waals surface area contributed by atoms with Crippen LogP contribution in [0.15, 0.2) is 29.4 Å². The number of benzene rings is 1. The summed E-state index contributed by atoms with van der Waals surface area (Å²) >= 11 is 1.30. The fraction of sp³-hybridized carbons (Fsp3) is 0.389. The molecular formula is C18H21FN2O4S. The van der Waals surface area contributed by atoms with Gasteiger partial charge >= 0.3 is 5.97 Å². The second-order valence-corrected chi connectivity index (χ2v) is 6.53. The smallest absolute Gasteiger partial charge is 0.349 e. The Kier molecular flexibility index (Phi) is 6.42. The van der Waals surface area contributed by atoms with E-state index < -0.39 is 17.4 Å². The van der Waals surface area contributed by atoms with Gasteiger partial charge in [-0.3, -0.25) is 0 Å². The van der Waals surface area contributed by atoms with E-state index in [9.17, 15) is 9.18 Å². The lowest BCUT2D eigenvalue weighted by molar-refractivity contribution is -0.156. The van der Waals surface area contributed by atoms with Crippen LogP contribution in [0.4, 0.5) is 4.39 Å². The van der Waals surface area contributed by atoms with Crippen LogP contribution in [0.25, 0.3) is 11.3 Å². The second kappa shape index (κ2) is 8.35. The molecule has 26 heavy (non-hydrogen) atoms. The summed E-state index contributed by atoms with van der Waals surface area (Å²) in [5.74, 6) is -0.270. The Hall–Kier alpha value is -2.35. The highest BCUT2D eigenvalue weighted by atomic mass is 32.2. The minimum Gasteiger partial charge on any atom is -0.493 e. The molecule has 0 spiro atoms. The standard InChI is InChI=1S/C18H21FN2O4S/c1-6-24-14-8-7-11(19)9-12(14)13-10-15(21-17(20-13)26-5)25-18(2,3)16(22)23-4/h7-10H,6H2,1-5H3. The van der Waals surface area contributed by atoms with E-state index in [2.05, 4.69) is 9.97 Å². The molecule has 0 N–H and O–H groups in total. The quantitative estimate of drug-likeness (QED) is 0.412. The first-order chi connectivity index (χ1) is 12.3. The largest absolute Gasteiger partial charge is 0.493 e. The van der Waals surface area contributed by atoms with Gasteiger partial charge in [-0.2, -0.15) is 4.98 Å². The minimum absolute atomic E-state index is 0.182. The van der Waals surface area contributed by atoms with Crippen molar-refractivity contribution >= 4 is 17.7 Å². The Morgan fingerprint density at radius 3 is 2.62 bits per heavy atom. The summed E-state index contributed by atoms with van der Waals surface area (Å²) in [6, 6.07) is 5.76. The molecular weight excluding hydrogens is 359 g/mol. The molecule has 0 saturated heterocycles. The molecule has 0 aliphatic carbocycles. The van der Waals surface area contributed by atoms with Gasteiger partial charge in [0, 0.05) is 11.6 Å². The zero-order chi connectivity index (χ0) is 19.3. The van der Waals surface area contributed by atoms with E-state index >= 15 is 0 Å². The first-order valence-electron chi connectivity index (χ1n) is 7.94. The predicted molar refractivity (Wildman–Crippen MR) is 97.1 cm³/mol. The molecule has 0 radical (unpaired) electrons. The van der Waals surface area contributed by atoms with Gasteiger partial charge in [0.25, 0.3) is 0 Å². The van der Waals surface area contributed by atoms with Gasteiger partial charge in [-0.1, -0.05) is 11.8 Å². The normalized spacial score (nSPS) is 11.2. The molecule has 1 aromatic carbocycles. The van der Waals surface area contributed by atoms with E-state index in [1.54, 1.807) is 26.0 Å². The van der Waals surface area contributed by atoms with Crippen LogP contribution in [-0.4, -0.2) is 41.5 Å². The molecule has 8 heteroatoms. The first kappa shape index (κ1) is 20.0. The Morgan fingerprint density at radius 2 is 2.00 bits per heavy atom. The number of thioether (sulfide) groups is 1. The van der Waals surface area contributed by atoms with Gasteiger partial charge in [0.15, 0.2) is 5.16 Å². The summed E-state index contributed by atoms with van der Waals surface area (Å²) in [5, 5.41) is 0.421. The molecule has 1 aromatic heterocycles. The SMILES string of the molecule is CCOc1ccc(F)cc1-c1cc(OC(C)(C)C(=O)OC)nc(SC)n1. The monoisotopic (exact) mass is 380 g/mol. The maximum Gasteiger partial charge on any atom is 0.349 e. The molecule has 140 valence electrons. The van der Waals surface area contributed by atoms with Gasteiger partial charge in [-0.25, -0.2) is 14.2 Å². The lowest BCUT2D eigenvalue weighted by Crippen LogP contribution is -2.39. The molecule has 6 nitrogen and oxygen atoms in total. The molecule has 1 heterocycles. The van der Waals surface area contributed by atoms with Crippen molar-refractivity contribution in [3.8, 4) is 22.9 Å². The van der Waals surface area contributed by atoms with E-state index in [-0.39, 0.29) is 5.88 Å². The molecule has 0 amide bonds. The molecule has 0 fully saturated rings. The van der Waals surface area contributed by atoms with Gasteiger partial charge in [0.1, 0.15) is 11.6 Å².